The van der Waals surface area contributed by atoms with Gasteiger partial charge in [0.25, 0.3) is 0 Å². The summed E-state index contributed by atoms with van der Waals surface area (Å²) in [7, 11) is -3.64. The number of aryl methyl sites for hydroxylation is 1. The Labute approximate surface area is 121 Å². The highest BCUT2D eigenvalue weighted by Gasteiger charge is 2.18. The summed E-state index contributed by atoms with van der Waals surface area (Å²) in [6, 6.07) is 7.64. The lowest BCUT2D eigenvalue weighted by atomic mass is 10.2. The normalized spacial score (nSPS) is 11.8. The van der Waals surface area contributed by atoms with Gasteiger partial charge in [0.05, 0.1) is 0 Å². The van der Waals surface area contributed by atoms with Crippen LogP contribution < -0.4 is 10.5 Å². The van der Waals surface area contributed by atoms with Crippen LogP contribution in [0.15, 0.2) is 34.5 Å². The summed E-state index contributed by atoms with van der Waals surface area (Å²) < 4.78 is 40.3. The minimum atomic E-state index is -3.64. The van der Waals surface area contributed by atoms with Crippen LogP contribution in [0.25, 0.3) is 0 Å². The maximum atomic E-state index is 13.4. The molecule has 0 fully saturated rings. The van der Waals surface area contributed by atoms with Gasteiger partial charge in [-0.15, -0.1) is 11.3 Å². The SMILES string of the molecule is Cc1cc(S(=O)(=O)NCc2ccccc2F)sc1CN. The zero-order valence-corrected chi connectivity index (χ0v) is 12.5. The van der Waals surface area contributed by atoms with Crippen LogP contribution in [0.1, 0.15) is 16.0 Å². The molecule has 0 aliphatic rings. The van der Waals surface area contributed by atoms with E-state index in [1.807, 2.05) is 6.92 Å². The first-order valence-corrected chi connectivity index (χ1v) is 8.26. The van der Waals surface area contributed by atoms with Crippen LogP contribution in [0.3, 0.4) is 0 Å². The van der Waals surface area contributed by atoms with Gasteiger partial charge in [0.15, 0.2) is 0 Å². The van der Waals surface area contributed by atoms with E-state index < -0.39 is 15.8 Å². The lowest BCUT2D eigenvalue weighted by Gasteiger charge is -2.05. The molecule has 1 aromatic carbocycles. The molecule has 0 spiro atoms. The first-order chi connectivity index (χ1) is 9.44. The molecule has 2 rings (SSSR count). The first-order valence-electron chi connectivity index (χ1n) is 5.96. The second-order valence-corrected chi connectivity index (χ2v) is 7.42. The molecule has 20 heavy (non-hydrogen) atoms. The molecule has 1 heterocycles. The van der Waals surface area contributed by atoms with Crippen molar-refractivity contribution in [2.24, 2.45) is 5.73 Å². The zero-order chi connectivity index (χ0) is 14.8. The highest BCUT2D eigenvalue weighted by molar-refractivity contribution is 7.91. The van der Waals surface area contributed by atoms with Crippen molar-refractivity contribution in [3.8, 4) is 0 Å². The number of nitrogens with two attached hydrogens (primary N) is 1. The van der Waals surface area contributed by atoms with E-state index in [1.54, 1.807) is 24.3 Å². The Balaban J connectivity index is 2.17. The molecular weight excluding hydrogens is 299 g/mol. The molecule has 0 atom stereocenters. The molecule has 0 amide bonds. The Bertz CT molecular complexity index is 711. The Kier molecular flexibility index (Phi) is 4.54. The van der Waals surface area contributed by atoms with Crippen LogP contribution in [0.4, 0.5) is 4.39 Å². The van der Waals surface area contributed by atoms with E-state index >= 15 is 0 Å². The van der Waals surface area contributed by atoms with Crippen molar-refractivity contribution >= 4 is 21.4 Å². The summed E-state index contributed by atoms with van der Waals surface area (Å²) in [6.45, 7) is 2.04. The molecule has 0 bridgehead atoms. The van der Waals surface area contributed by atoms with Gasteiger partial charge in [0, 0.05) is 23.5 Å². The fourth-order valence-electron chi connectivity index (χ4n) is 1.71. The van der Waals surface area contributed by atoms with Crippen LogP contribution >= 0.6 is 11.3 Å². The largest absolute Gasteiger partial charge is 0.326 e. The number of hydrogen-bond donors (Lipinski definition) is 2. The van der Waals surface area contributed by atoms with Gasteiger partial charge in [-0.25, -0.2) is 17.5 Å². The lowest BCUT2D eigenvalue weighted by Crippen LogP contribution is -2.22. The Morgan fingerprint density at radius 3 is 2.65 bits per heavy atom. The maximum Gasteiger partial charge on any atom is 0.250 e. The maximum absolute atomic E-state index is 13.4. The van der Waals surface area contributed by atoms with Crippen molar-refractivity contribution < 1.29 is 12.8 Å². The Morgan fingerprint density at radius 2 is 2.05 bits per heavy atom. The number of halogens is 1. The van der Waals surface area contributed by atoms with Crippen molar-refractivity contribution in [3.05, 3.63) is 52.2 Å². The molecule has 0 unspecified atom stereocenters. The van der Waals surface area contributed by atoms with Crippen LogP contribution in [-0.2, 0) is 23.1 Å². The van der Waals surface area contributed by atoms with E-state index in [-0.39, 0.29) is 10.8 Å². The molecule has 2 aromatic rings. The van der Waals surface area contributed by atoms with E-state index in [0.717, 1.165) is 21.8 Å². The van der Waals surface area contributed by atoms with E-state index in [9.17, 15) is 12.8 Å². The lowest BCUT2D eigenvalue weighted by molar-refractivity contribution is 0.576. The second kappa shape index (κ2) is 6.01. The van der Waals surface area contributed by atoms with E-state index in [1.165, 1.54) is 6.07 Å². The summed E-state index contributed by atoms with van der Waals surface area (Å²) in [5.41, 5.74) is 6.70. The molecule has 0 aliphatic heterocycles. The molecule has 108 valence electrons. The Morgan fingerprint density at radius 1 is 1.35 bits per heavy atom. The fourth-order valence-corrected chi connectivity index (χ4v) is 4.23. The summed E-state index contributed by atoms with van der Waals surface area (Å²) >= 11 is 1.14. The molecule has 3 N–H and O–H groups in total. The van der Waals surface area contributed by atoms with Gasteiger partial charge in [-0.1, -0.05) is 18.2 Å². The van der Waals surface area contributed by atoms with Gasteiger partial charge in [-0.05, 0) is 24.6 Å². The highest BCUT2D eigenvalue weighted by Crippen LogP contribution is 2.25. The van der Waals surface area contributed by atoms with Gasteiger partial charge >= 0.3 is 0 Å². The van der Waals surface area contributed by atoms with Crippen molar-refractivity contribution in [2.75, 3.05) is 0 Å². The molecule has 0 radical (unpaired) electrons. The van der Waals surface area contributed by atoms with Gasteiger partial charge < -0.3 is 5.73 Å². The first kappa shape index (κ1) is 15.1. The Hall–Kier alpha value is -1.28. The van der Waals surface area contributed by atoms with E-state index in [4.69, 9.17) is 5.73 Å². The predicted molar refractivity (Wildman–Crippen MR) is 77.4 cm³/mol. The summed E-state index contributed by atoms with van der Waals surface area (Å²) in [5, 5.41) is 0. The van der Waals surface area contributed by atoms with Crippen molar-refractivity contribution in [1.29, 1.82) is 0 Å². The number of thiophene rings is 1. The standard InChI is InChI=1S/C13H15FN2O2S2/c1-9-6-13(19-12(9)7-15)20(17,18)16-8-10-4-2-3-5-11(10)14/h2-6,16H,7-8,15H2,1H3. The monoisotopic (exact) mass is 314 g/mol. The van der Waals surface area contributed by atoms with E-state index in [2.05, 4.69) is 4.72 Å². The average molecular weight is 314 g/mol. The zero-order valence-electron chi connectivity index (χ0n) is 10.9. The number of hydrogen-bond acceptors (Lipinski definition) is 4. The smallest absolute Gasteiger partial charge is 0.250 e. The van der Waals surface area contributed by atoms with Gasteiger partial charge in [0.2, 0.25) is 10.0 Å². The van der Waals surface area contributed by atoms with Crippen LogP contribution in [0.5, 0.6) is 0 Å². The molecule has 1 aromatic heterocycles. The van der Waals surface area contributed by atoms with Crippen LogP contribution in [-0.4, -0.2) is 8.42 Å². The minimum Gasteiger partial charge on any atom is -0.326 e. The number of benzene rings is 1. The molecule has 4 nitrogen and oxygen atoms in total. The summed E-state index contributed by atoms with van der Waals surface area (Å²) in [6.07, 6.45) is 0. The topological polar surface area (TPSA) is 72.2 Å². The van der Waals surface area contributed by atoms with Gasteiger partial charge in [-0.2, -0.15) is 0 Å². The average Bonchev–Trinajstić information content (AvgIpc) is 2.80. The molecule has 0 saturated heterocycles. The molecule has 0 aliphatic carbocycles. The fraction of sp³-hybridized carbons (Fsp3) is 0.231. The quantitative estimate of drug-likeness (QED) is 0.888. The molecule has 0 saturated carbocycles. The minimum absolute atomic E-state index is 0.0795. The molecular formula is C13H15FN2O2S2. The highest BCUT2D eigenvalue weighted by atomic mass is 32.2. The predicted octanol–water partition coefficient (Wildman–Crippen LogP) is 2.13. The molecule has 7 heteroatoms. The van der Waals surface area contributed by atoms with Crippen LogP contribution in [0, 0.1) is 12.7 Å². The van der Waals surface area contributed by atoms with Crippen molar-refractivity contribution in [3.63, 3.8) is 0 Å². The third kappa shape index (κ3) is 3.24. The van der Waals surface area contributed by atoms with Crippen molar-refractivity contribution in [1.82, 2.24) is 4.72 Å². The number of sulfonamides is 1. The summed E-state index contributed by atoms with van der Waals surface area (Å²) in [4.78, 5) is 0.830. The third-order valence-electron chi connectivity index (χ3n) is 2.86. The van der Waals surface area contributed by atoms with Crippen LogP contribution in [0.2, 0.25) is 0 Å². The summed E-state index contributed by atoms with van der Waals surface area (Å²) in [5.74, 6) is -0.430. The second-order valence-electron chi connectivity index (χ2n) is 4.29. The van der Waals surface area contributed by atoms with Crippen molar-refractivity contribution in [2.45, 2.75) is 24.2 Å². The number of nitrogens with one attached hydrogen (secondary N) is 1. The number of rotatable bonds is 5. The van der Waals surface area contributed by atoms with Gasteiger partial charge in [-0.3, -0.25) is 0 Å². The third-order valence-corrected chi connectivity index (χ3v) is 5.99. The van der Waals surface area contributed by atoms with E-state index in [0.29, 0.717) is 12.1 Å². The van der Waals surface area contributed by atoms with Gasteiger partial charge in [0.1, 0.15) is 10.0 Å².